The number of nitrogens with one attached hydrogen (secondary N) is 2. The Morgan fingerprint density at radius 1 is 1.29 bits per heavy atom. The van der Waals surface area contributed by atoms with Crippen LogP contribution in [0, 0.1) is 0 Å². The molecule has 2 amide bonds. The van der Waals surface area contributed by atoms with Crippen molar-refractivity contribution in [3.63, 3.8) is 0 Å². The van der Waals surface area contributed by atoms with Crippen LogP contribution in [0.1, 0.15) is 25.1 Å². The van der Waals surface area contributed by atoms with Crippen LogP contribution in [0.2, 0.25) is 0 Å². The summed E-state index contributed by atoms with van der Waals surface area (Å²) in [5.41, 5.74) is 1.93. The van der Waals surface area contributed by atoms with Crippen LogP contribution in [0.25, 0.3) is 0 Å². The lowest BCUT2D eigenvalue weighted by Crippen LogP contribution is -2.39. The Labute approximate surface area is 143 Å². The van der Waals surface area contributed by atoms with Crippen molar-refractivity contribution in [2.75, 3.05) is 25.6 Å². The van der Waals surface area contributed by atoms with Gasteiger partial charge in [-0.2, -0.15) is 5.10 Å². The van der Waals surface area contributed by atoms with Crippen LogP contribution in [-0.4, -0.2) is 36.1 Å². The second-order valence-corrected chi connectivity index (χ2v) is 6.44. The second-order valence-electron chi connectivity index (χ2n) is 6.44. The first kappa shape index (κ1) is 18.0. The number of aromatic nitrogens is 2. The van der Waals surface area contributed by atoms with Gasteiger partial charge in [0.05, 0.1) is 12.3 Å². The topological polar surface area (TPSA) is 68.2 Å². The average molecular weight is 330 g/mol. The summed E-state index contributed by atoms with van der Waals surface area (Å²) in [4.78, 5) is 12.2. The largest absolute Gasteiger partial charge is 0.384 e. The normalized spacial score (nSPS) is 11.3. The van der Waals surface area contributed by atoms with Gasteiger partial charge in [-0.15, -0.1) is 0 Å². The Bertz CT molecular complexity index is 665. The molecule has 0 saturated heterocycles. The van der Waals surface area contributed by atoms with Crippen LogP contribution in [0.3, 0.4) is 0 Å². The second kappa shape index (κ2) is 7.97. The van der Waals surface area contributed by atoms with E-state index in [4.69, 9.17) is 4.74 Å². The van der Waals surface area contributed by atoms with Crippen molar-refractivity contribution in [1.29, 1.82) is 0 Å². The molecule has 1 aromatic carbocycles. The minimum atomic E-state index is -0.236. The summed E-state index contributed by atoms with van der Waals surface area (Å²) in [6.45, 7) is 5.36. The summed E-state index contributed by atoms with van der Waals surface area (Å²) in [6, 6.07) is 11.8. The number of rotatable bonds is 7. The summed E-state index contributed by atoms with van der Waals surface area (Å²) in [5.74, 6) is 0.663. The molecule has 0 saturated carbocycles. The lowest BCUT2D eigenvalue weighted by Gasteiger charge is -2.25. The number of carbonyl (C=O) groups is 1. The molecule has 2 aromatic rings. The van der Waals surface area contributed by atoms with Gasteiger partial charge in [0.15, 0.2) is 0 Å². The Kier molecular flexibility index (Phi) is 5.98. The van der Waals surface area contributed by atoms with Gasteiger partial charge in [-0.1, -0.05) is 44.2 Å². The summed E-state index contributed by atoms with van der Waals surface area (Å²) in [7, 11) is 3.46. The molecule has 0 atom stereocenters. The zero-order valence-corrected chi connectivity index (χ0v) is 14.8. The van der Waals surface area contributed by atoms with E-state index < -0.39 is 0 Å². The van der Waals surface area contributed by atoms with E-state index in [1.165, 1.54) is 5.56 Å². The fourth-order valence-electron chi connectivity index (χ4n) is 2.43. The van der Waals surface area contributed by atoms with Gasteiger partial charge in [0.2, 0.25) is 0 Å². The van der Waals surface area contributed by atoms with Gasteiger partial charge in [0, 0.05) is 38.6 Å². The first-order valence-electron chi connectivity index (χ1n) is 8.04. The van der Waals surface area contributed by atoms with Crippen molar-refractivity contribution in [3.05, 3.63) is 47.7 Å². The zero-order valence-electron chi connectivity index (χ0n) is 14.8. The molecule has 0 aliphatic carbocycles. The van der Waals surface area contributed by atoms with E-state index in [1.54, 1.807) is 18.8 Å². The third-order valence-corrected chi connectivity index (χ3v) is 3.98. The van der Waals surface area contributed by atoms with Crippen LogP contribution in [0.4, 0.5) is 10.6 Å². The molecule has 1 heterocycles. The highest BCUT2D eigenvalue weighted by Gasteiger charge is 2.21. The molecule has 0 spiro atoms. The van der Waals surface area contributed by atoms with Crippen molar-refractivity contribution in [3.8, 4) is 0 Å². The molecule has 24 heavy (non-hydrogen) atoms. The van der Waals surface area contributed by atoms with Gasteiger partial charge in [0.1, 0.15) is 5.82 Å². The van der Waals surface area contributed by atoms with E-state index in [-0.39, 0.29) is 11.4 Å². The van der Waals surface area contributed by atoms with E-state index in [1.807, 2.05) is 24.3 Å². The maximum Gasteiger partial charge on any atom is 0.320 e. The summed E-state index contributed by atoms with van der Waals surface area (Å²) >= 11 is 0. The molecule has 6 nitrogen and oxygen atoms in total. The van der Waals surface area contributed by atoms with Crippen LogP contribution in [0.15, 0.2) is 36.4 Å². The summed E-state index contributed by atoms with van der Waals surface area (Å²) < 4.78 is 6.70. The number of ether oxygens (including phenoxy) is 1. The van der Waals surface area contributed by atoms with E-state index in [0.717, 1.165) is 5.69 Å². The first-order valence-corrected chi connectivity index (χ1v) is 8.04. The van der Waals surface area contributed by atoms with E-state index in [2.05, 4.69) is 41.7 Å². The highest BCUT2D eigenvalue weighted by molar-refractivity contribution is 5.88. The van der Waals surface area contributed by atoms with Gasteiger partial charge >= 0.3 is 6.03 Å². The number of carbonyl (C=O) groups excluding carboxylic acids is 1. The van der Waals surface area contributed by atoms with Crippen molar-refractivity contribution in [1.82, 2.24) is 15.1 Å². The van der Waals surface area contributed by atoms with Crippen molar-refractivity contribution in [2.24, 2.45) is 7.05 Å². The van der Waals surface area contributed by atoms with Gasteiger partial charge in [-0.05, 0) is 5.56 Å². The third kappa shape index (κ3) is 4.83. The number of amides is 2. The van der Waals surface area contributed by atoms with Gasteiger partial charge in [0.25, 0.3) is 0 Å². The molecule has 2 N–H and O–H groups in total. The van der Waals surface area contributed by atoms with Gasteiger partial charge < -0.3 is 10.1 Å². The number of benzene rings is 1. The molecule has 0 unspecified atom stereocenters. The predicted molar refractivity (Wildman–Crippen MR) is 95.3 cm³/mol. The molecule has 6 heteroatoms. The van der Waals surface area contributed by atoms with Crippen LogP contribution < -0.4 is 10.6 Å². The maximum absolute atomic E-state index is 12.2. The van der Waals surface area contributed by atoms with E-state index >= 15 is 0 Å². The van der Waals surface area contributed by atoms with Gasteiger partial charge in [-0.25, -0.2) is 4.79 Å². The number of hydrogen-bond donors (Lipinski definition) is 2. The number of hydrogen-bond acceptors (Lipinski definition) is 3. The molecule has 2 rings (SSSR count). The minimum absolute atomic E-state index is 0.144. The quantitative estimate of drug-likeness (QED) is 0.820. The third-order valence-electron chi connectivity index (χ3n) is 3.98. The molecular formula is C18H26N4O2. The number of urea groups is 1. The Morgan fingerprint density at radius 2 is 2.00 bits per heavy atom. The standard InChI is InChI=1S/C18H26N4O2/c1-18(2,14-8-6-5-7-9-14)13-19-17(23)20-16-12-15(10-11-24-4)21-22(16)3/h5-9,12H,10-11,13H2,1-4H3,(H2,19,20,23). The fraction of sp³-hybridized carbons (Fsp3) is 0.444. The van der Waals surface area contributed by atoms with E-state index in [0.29, 0.717) is 25.4 Å². The maximum atomic E-state index is 12.2. The van der Waals surface area contributed by atoms with Crippen molar-refractivity contribution in [2.45, 2.75) is 25.7 Å². The number of aryl methyl sites for hydroxylation is 1. The highest BCUT2D eigenvalue weighted by Crippen LogP contribution is 2.21. The van der Waals surface area contributed by atoms with Crippen LogP contribution in [-0.2, 0) is 23.6 Å². The lowest BCUT2D eigenvalue weighted by atomic mass is 9.85. The monoisotopic (exact) mass is 330 g/mol. The molecular weight excluding hydrogens is 304 g/mol. The SMILES string of the molecule is COCCc1cc(NC(=O)NCC(C)(C)c2ccccc2)n(C)n1. The molecule has 0 aliphatic rings. The van der Waals surface area contributed by atoms with Crippen molar-refractivity contribution >= 4 is 11.8 Å². The Morgan fingerprint density at radius 3 is 2.67 bits per heavy atom. The molecule has 0 bridgehead atoms. The molecule has 0 fully saturated rings. The number of nitrogens with zero attached hydrogens (tertiary/aromatic N) is 2. The molecule has 0 radical (unpaired) electrons. The number of anilines is 1. The first-order chi connectivity index (χ1) is 11.4. The Balaban J connectivity index is 1.90. The lowest BCUT2D eigenvalue weighted by molar-refractivity contribution is 0.201. The molecule has 0 aliphatic heterocycles. The summed E-state index contributed by atoms with van der Waals surface area (Å²) in [6.07, 6.45) is 0.717. The zero-order chi connectivity index (χ0) is 17.6. The molecule has 130 valence electrons. The van der Waals surface area contributed by atoms with Crippen LogP contribution >= 0.6 is 0 Å². The van der Waals surface area contributed by atoms with Crippen molar-refractivity contribution < 1.29 is 9.53 Å². The van der Waals surface area contributed by atoms with Gasteiger partial charge in [-0.3, -0.25) is 10.00 Å². The average Bonchev–Trinajstić information content (AvgIpc) is 2.92. The molecule has 1 aromatic heterocycles. The number of methoxy groups -OCH3 is 1. The Hall–Kier alpha value is -2.34. The smallest absolute Gasteiger partial charge is 0.320 e. The van der Waals surface area contributed by atoms with E-state index in [9.17, 15) is 4.79 Å². The summed E-state index contributed by atoms with van der Waals surface area (Å²) in [5, 5.41) is 10.1. The highest BCUT2D eigenvalue weighted by atomic mass is 16.5. The predicted octanol–water partition coefficient (Wildman–Crippen LogP) is 2.71. The minimum Gasteiger partial charge on any atom is -0.384 e. The fourth-order valence-corrected chi connectivity index (χ4v) is 2.43. The van der Waals surface area contributed by atoms with Crippen LogP contribution in [0.5, 0.6) is 0 Å².